The lowest BCUT2D eigenvalue weighted by atomic mass is 10.3. The molecule has 0 aliphatic heterocycles. The molecule has 0 amide bonds. The zero-order chi connectivity index (χ0) is 17.5. The number of allylic oxidation sites excluding steroid dienone is 3. The van der Waals surface area contributed by atoms with Gasteiger partial charge in [-0.2, -0.15) is 0 Å². The minimum Gasteiger partial charge on any atom is -0.0988 e. The maximum Gasteiger partial charge on any atom is 0.115 e. The van der Waals surface area contributed by atoms with Crippen LogP contribution >= 0.6 is 7.26 Å². The van der Waals surface area contributed by atoms with Gasteiger partial charge in [-0.1, -0.05) is 72.8 Å². The zero-order valence-corrected chi connectivity index (χ0v) is 15.6. The summed E-state index contributed by atoms with van der Waals surface area (Å²) in [5, 5.41) is 4.25. The van der Waals surface area contributed by atoms with Gasteiger partial charge in [0.2, 0.25) is 0 Å². The fraction of sp³-hybridized carbons (Fsp3) is 0.0833. The highest BCUT2D eigenvalue weighted by atomic mass is 31.2. The SMILES string of the molecule is C=C/C(C)=C\C[P+](c1ccccc1)(c1ccccc1)c1ccccc1. The topological polar surface area (TPSA) is 0 Å². The number of rotatable bonds is 6. The Kier molecular flexibility index (Phi) is 5.64. The monoisotopic (exact) mass is 343 g/mol. The molecular formula is C24H24P+. The van der Waals surface area contributed by atoms with Gasteiger partial charge in [0.15, 0.2) is 0 Å². The Bertz CT molecular complexity index is 736. The van der Waals surface area contributed by atoms with E-state index in [4.69, 9.17) is 0 Å². The van der Waals surface area contributed by atoms with Gasteiger partial charge >= 0.3 is 0 Å². The molecule has 0 radical (unpaired) electrons. The van der Waals surface area contributed by atoms with Crippen molar-refractivity contribution in [3.05, 3.63) is 115 Å². The lowest BCUT2D eigenvalue weighted by molar-refractivity contribution is 1.48. The first kappa shape index (κ1) is 17.4. The van der Waals surface area contributed by atoms with Gasteiger partial charge in [-0.3, -0.25) is 0 Å². The predicted molar refractivity (Wildman–Crippen MR) is 114 cm³/mol. The van der Waals surface area contributed by atoms with E-state index in [-0.39, 0.29) is 0 Å². The molecule has 25 heavy (non-hydrogen) atoms. The Balaban J connectivity index is 2.29. The molecule has 0 nitrogen and oxygen atoms in total. The van der Waals surface area contributed by atoms with Crippen molar-refractivity contribution in [2.75, 3.05) is 6.16 Å². The van der Waals surface area contributed by atoms with Crippen LogP contribution in [-0.4, -0.2) is 6.16 Å². The van der Waals surface area contributed by atoms with Crippen LogP contribution in [0.25, 0.3) is 0 Å². The first-order chi connectivity index (χ1) is 12.3. The molecule has 0 heterocycles. The van der Waals surface area contributed by atoms with Gasteiger partial charge in [0.05, 0.1) is 6.16 Å². The Labute approximate surface area is 151 Å². The van der Waals surface area contributed by atoms with Crippen molar-refractivity contribution in [2.45, 2.75) is 6.92 Å². The molecule has 0 atom stereocenters. The van der Waals surface area contributed by atoms with Crippen molar-refractivity contribution in [1.29, 1.82) is 0 Å². The largest absolute Gasteiger partial charge is 0.115 e. The first-order valence-corrected chi connectivity index (χ1v) is 10.6. The fourth-order valence-corrected chi connectivity index (χ4v) is 7.31. The molecule has 0 aliphatic rings. The van der Waals surface area contributed by atoms with E-state index in [2.05, 4.69) is 111 Å². The molecule has 3 aromatic carbocycles. The van der Waals surface area contributed by atoms with E-state index in [1.54, 1.807) is 0 Å². The van der Waals surface area contributed by atoms with Crippen LogP contribution < -0.4 is 15.9 Å². The molecule has 1 heteroatoms. The smallest absolute Gasteiger partial charge is 0.0988 e. The summed E-state index contributed by atoms with van der Waals surface area (Å²) < 4.78 is 0. The highest BCUT2D eigenvalue weighted by Crippen LogP contribution is 2.55. The molecule has 124 valence electrons. The third-order valence-corrected chi connectivity index (χ3v) is 8.87. The van der Waals surface area contributed by atoms with Crippen LogP contribution in [0.1, 0.15) is 6.92 Å². The minimum atomic E-state index is -1.74. The van der Waals surface area contributed by atoms with E-state index < -0.39 is 7.26 Å². The van der Waals surface area contributed by atoms with Gasteiger partial charge in [-0.25, -0.2) is 0 Å². The van der Waals surface area contributed by atoms with Crippen LogP contribution in [0.5, 0.6) is 0 Å². The second kappa shape index (κ2) is 8.10. The minimum absolute atomic E-state index is 1.00. The number of hydrogen-bond donors (Lipinski definition) is 0. The van der Waals surface area contributed by atoms with Gasteiger partial charge in [0.25, 0.3) is 0 Å². The first-order valence-electron chi connectivity index (χ1n) is 8.61. The maximum absolute atomic E-state index is 3.92. The lowest BCUT2D eigenvalue weighted by Crippen LogP contribution is -2.33. The van der Waals surface area contributed by atoms with Gasteiger partial charge in [0.1, 0.15) is 23.2 Å². The lowest BCUT2D eigenvalue weighted by Gasteiger charge is -2.26. The third kappa shape index (κ3) is 3.65. The molecule has 3 aromatic rings. The van der Waals surface area contributed by atoms with Crippen molar-refractivity contribution < 1.29 is 0 Å². The molecule has 0 spiro atoms. The second-order valence-corrected chi connectivity index (χ2v) is 9.69. The van der Waals surface area contributed by atoms with E-state index in [0.29, 0.717) is 0 Å². The summed E-state index contributed by atoms with van der Waals surface area (Å²) >= 11 is 0. The van der Waals surface area contributed by atoms with E-state index >= 15 is 0 Å². The standard InChI is InChI=1S/C24H24P/c1-3-21(2)19-20-25(22-13-7-4-8-14-22,23-15-9-5-10-16-23)24-17-11-6-12-18-24/h3-19H,1,20H2,2H3/q+1/b21-19-. The van der Waals surface area contributed by atoms with E-state index in [9.17, 15) is 0 Å². The summed E-state index contributed by atoms with van der Waals surface area (Å²) in [4.78, 5) is 0. The maximum atomic E-state index is 3.92. The van der Waals surface area contributed by atoms with Gasteiger partial charge in [0, 0.05) is 0 Å². The zero-order valence-electron chi connectivity index (χ0n) is 14.7. The molecule has 0 fully saturated rings. The summed E-state index contributed by atoms with van der Waals surface area (Å²) in [7, 11) is -1.74. The van der Waals surface area contributed by atoms with Crippen LogP contribution in [0.3, 0.4) is 0 Å². The van der Waals surface area contributed by atoms with Crippen molar-refractivity contribution >= 4 is 23.2 Å². The molecule has 0 saturated heterocycles. The third-order valence-electron chi connectivity index (χ3n) is 4.60. The van der Waals surface area contributed by atoms with Gasteiger partial charge in [-0.15, -0.1) is 0 Å². The molecular weight excluding hydrogens is 319 g/mol. The Morgan fingerprint density at radius 1 is 0.720 bits per heavy atom. The summed E-state index contributed by atoms with van der Waals surface area (Å²) in [6.45, 7) is 6.05. The van der Waals surface area contributed by atoms with Crippen LogP contribution in [0.2, 0.25) is 0 Å². The highest BCUT2D eigenvalue weighted by molar-refractivity contribution is 7.95. The summed E-state index contributed by atoms with van der Waals surface area (Å²) in [5.41, 5.74) is 1.23. The van der Waals surface area contributed by atoms with Crippen LogP contribution in [-0.2, 0) is 0 Å². The van der Waals surface area contributed by atoms with Crippen LogP contribution in [0.4, 0.5) is 0 Å². The number of benzene rings is 3. The average Bonchev–Trinajstić information content (AvgIpc) is 2.71. The normalized spacial score (nSPS) is 12.0. The average molecular weight is 343 g/mol. The van der Waals surface area contributed by atoms with Crippen molar-refractivity contribution in [2.24, 2.45) is 0 Å². The van der Waals surface area contributed by atoms with Crippen LogP contribution in [0.15, 0.2) is 115 Å². The summed E-state index contributed by atoms with van der Waals surface area (Å²) in [5.74, 6) is 0. The predicted octanol–water partition coefficient (Wildman–Crippen LogP) is 5.11. The Hall–Kier alpha value is -2.43. The molecule has 0 N–H and O–H groups in total. The number of hydrogen-bond acceptors (Lipinski definition) is 0. The molecule has 3 rings (SSSR count). The Morgan fingerprint density at radius 3 is 1.40 bits per heavy atom. The second-order valence-electron chi connectivity index (χ2n) is 6.15. The quantitative estimate of drug-likeness (QED) is 0.431. The van der Waals surface area contributed by atoms with E-state index in [0.717, 1.165) is 6.16 Å². The highest BCUT2D eigenvalue weighted by Gasteiger charge is 2.44. The molecule has 0 unspecified atom stereocenters. The van der Waals surface area contributed by atoms with Crippen molar-refractivity contribution in [1.82, 2.24) is 0 Å². The van der Waals surface area contributed by atoms with Crippen molar-refractivity contribution in [3.8, 4) is 0 Å². The van der Waals surface area contributed by atoms with E-state index in [1.807, 2.05) is 6.08 Å². The van der Waals surface area contributed by atoms with Crippen molar-refractivity contribution in [3.63, 3.8) is 0 Å². The van der Waals surface area contributed by atoms with Gasteiger partial charge < -0.3 is 0 Å². The summed E-state index contributed by atoms with van der Waals surface area (Å²) in [6.07, 6.45) is 5.28. The Morgan fingerprint density at radius 2 is 1.08 bits per heavy atom. The summed E-state index contributed by atoms with van der Waals surface area (Å²) in [6, 6.07) is 32.9. The van der Waals surface area contributed by atoms with Crippen LogP contribution in [0, 0.1) is 0 Å². The van der Waals surface area contributed by atoms with E-state index in [1.165, 1.54) is 21.5 Å². The molecule has 0 aliphatic carbocycles. The molecule has 0 bridgehead atoms. The fourth-order valence-electron chi connectivity index (χ4n) is 3.18. The molecule has 0 saturated carbocycles. The van der Waals surface area contributed by atoms with Gasteiger partial charge in [-0.05, 0) is 49.4 Å². The molecule has 0 aromatic heterocycles.